The van der Waals surface area contributed by atoms with E-state index in [0.717, 1.165) is 0 Å². The van der Waals surface area contributed by atoms with Crippen LogP contribution in [0.1, 0.15) is 22.2 Å². The first kappa shape index (κ1) is 20.2. The molecular formula is C19H19NO6S. The van der Waals surface area contributed by atoms with E-state index in [1.165, 1.54) is 30.6 Å². The second-order valence-electron chi connectivity index (χ2n) is 5.14. The van der Waals surface area contributed by atoms with E-state index in [1.54, 1.807) is 35.7 Å². The molecule has 0 spiro atoms. The smallest absolute Gasteiger partial charge is 0.331 e. The van der Waals surface area contributed by atoms with Crippen molar-refractivity contribution in [3.8, 4) is 11.5 Å². The van der Waals surface area contributed by atoms with E-state index in [9.17, 15) is 14.4 Å². The van der Waals surface area contributed by atoms with Gasteiger partial charge >= 0.3 is 5.97 Å². The Hall–Kier alpha value is -3.13. The Labute approximate surface area is 160 Å². The number of benzene rings is 1. The molecule has 1 aromatic carbocycles. The molecule has 1 heterocycles. The Bertz CT molecular complexity index is 829. The van der Waals surface area contributed by atoms with E-state index in [2.05, 4.69) is 5.32 Å². The number of rotatable bonds is 8. The van der Waals surface area contributed by atoms with Crippen LogP contribution in [0.25, 0.3) is 6.08 Å². The van der Waals surface area contributed by atoms with Gasteiger partial charge in [0.1, 0.15) is 0 Å². The quantitative estimate of drug-likeness (QED) is 0.551. The molecule has 0 aliphatic rings. The molecule has 1 N–H and O–H groups in total. The summed E-state index contributed by atoms with van der Waals surface area (Å²) < 4.78 is 15.5. The second-order valence-corrected chi connectivity index (χ2v) is 6.09. The van der Waals surface area contributed by atoms with Crippen LogP contribution in [0.5, 0.6) is 11.5 Å². The van der Waals surface area contributed by atoms with Gasteiger partial charge in [-0.3, -0.25) is 14.9 Å². The second kappa shape index (κ2) is 10.1. The Morgan fingerprint density at radius 1 is 1.19 bits per heavy atom. The average Bonchev–Trinajstić information content (AvgIpc) is 3.20. The van der Waals surface area contributed by atoms with Crippen molar-refractivity contribution in [2.75, 3.05) is 20.3 Å². The minimum atomic E-state index is -0.707. The first-order valence-electron chi connectivity index (χ1n) is 8.06. The molecule has 0 bridgehead atoms. The molecule has 0 saturated carbocycles. The van der Waals surface area contributed by atoms with E-state index in [0.29, 0.717) is 28.5 Å². The van der Waals surface area contributed by atoms with Crippen molar-refractivity contribution in [1.29, 1.82) is 0 Å². The largest absolute Gasteiger partial charge is 0.493 e. The number of ether oxygens (including phenoxy) is 3. The molecule has 7 nitrogen and oxygen atoms in total. The van der Waals surface area contributed by atoms with Crippen molar-refractivity contribution < 1.29 is 28.6 Å². The first-order chi connectivity index (χ1) is 13.0. The molecule has 0 unspecified atom stereocenters. The van der Waals surface area contributed by atoms with E-state index in [4.69, 9.17) is 14.2 Å². The number of imide groups is 1. The van der Waals surface area contributed by atoms with Gasteiger partial charge in [-0.15, -0.1) is 11.3 Å². The number of carbonyl (C=O) groups is 3. The lowest BCUT2D eigenvalue weighted by Crippen LogP contribution is -2.33. The fourth-order valence-corrected chi connectivity index (χ4v) is 2.66. The van der Waals surface area contributed by atoms with Gasteiger partial charge in [0.25, 0.3) is 11.8 Å². The predicted molar refractivity (Wildman–Crippen MR) is 101 cm³/mol. The zero-order valence-corrected chi connectivity index (χ0v) is 15.7. The lowest BCUT2D eigenvalue weighted by molar-refractivity contribution is -0.143. The molecule has 8 heteroatoms. The molecule has 0 fully saturated rings. The van der Waals surface area contributed by atoms with Crippen LogP contribution in [0.15, 0.2) is 41.8 Å². The summed E-state index contributed by atoms with van der Waals surface area (Å²) in [5, 5.41) is 3.87. The maximum atomic E-state index is 11.7. The van der Waals surface area contributed by atoms with Gasteiger partial charge in [0.2, 0.25) is 0 Å². The van der Waals surface area contributed by atoms with Crippen molar-refractivity contribution in [3.63, 3.8) is 0 Å². The monoisotopic (exact) mass is 389 g/mol. The van der Waals surface area contributed by atoms with Gasteiger partial charge in [-0.25, -0.2) is 4.79 Å². The van der Waals surface area contributed by atoms with Gasteiger partial charge in [-0.1, -0.05) is 12.1 Å². The highest BCUT2D eigenvalue weighted by molar-refractivity contribution is 7.12. The third-order valence-electron chi connectivity index (χ3n) is 3.24. The van der Waals surface area contributed by atoms with Crippen molar-refractivity contribution in [3.05, 3.63) is 52.2 Å². The normalized spacial score (nSPS) is 10.4. The molecule has 0 aliphatic carbocycles. The number of hydrogen-bond acceptors (Lipinski definition) is 7. The van der Waals surface area contributed by atoms with E-state index in [1.807, 2.05) is 6.92 Å². The van der Waals surface area contributed by atoms with Crippen LogP contribution < -0.4 is 14.8 Å². The molecule has 0 radical (unpaired) electrons. The summed E-state index contributed by atoms with van der Waals surface area (Å²) in [7, 11) is 1.52. The van der Waals surface area contributed by atoms with E-state index >= 15 is 0 Å². The lowest BCUT2D eigenvalue weighted by atomic mass is 10.2. The Morgan fingerprint density at radius 2 is 2.00 bits per heavy atom. The first-order valence-corrected chi connectivity index (χ1v) is 8.94. The molecule has 2 rings (SSSR count). The Kier molecular flexibility index (Phi) is 7.57. The third-order valence-corrected chi connectivity index (χ3v) is 4.11. The molecule has 2 amide bonds. The summed E-state index contributed by atoms with van der Waals surface area (Å²) in [4.78, 5) is 35.5. The molecule has 2 aromatic rings. The van der Waals surface area contributed by atoms with Crippen molar-refractivity contribution >= 4 is 35.2 Å². The number of amides is 2. The summed E-state index contributed by atoms with van der Waals surface area (Å²) in [5.41, 5.74) is 0.699. The van der Waals surface area contributed by atoms with Crippen LogP contribution in [0.3, 0.4) is 0 Å². The van der Waals surface area contributed by atoms with Gasteiger partial charge in [0, 0.05) is 6.08 Å². The maximum absolute atomic E-state index is 11.7. The highest BCUT2D eigenvalue weighted by Crippen LogP contribution is 2.28. The molecule has 142 valence electrons. The van der Waals surface area contributed by atoms with Crippen LogP contribution in [-0.2, 0) is 14.3 Å². The number of carbonyl (C=O) groups excluding carboxylic acids is 3. The standard InChI is InChI=1S/C19H19NO6S/c1-3-25-14-8-6-13(11-15(14)24-2)7-9-18(22)26-12-17(21)20-19(23)16-5-4-10-27-16/h4-11H,3,12H2,1-2H3,(H,20,21,23)/b9-7+. The highest BCUT2D eigenvalue weighted by Gasteiger charge is 2.12. The highest BCUT2D eigenvalue weighted by atomic mass is 32.1. The SMILES string of the molecule is CCOc1ccc(/C=C/C(=O)OCC(=O)NC(=O)c2cccs2)cc1OC. The summed E-state index contributed by atoms with van der Waals surface area (Å²) in [6.07, 6.45) is 2.71. The molecule has 0 aliphatic heterocycles. The van der Waals surface area contributed by atoms with Gasteiger partial charge in [-0.2, -0.15) is 0 Å². The van der Waals surface area contributed by atoms with Crippen molar-refractivity contribution in [2.45, 2.75) is 6.92 Å². The van der Waals surface area contributed by atoms with Crippen molar-refractivity contribution in [1.82, 2.24) is 5.32 Å². The number of nitrogens with one attached hydrogen (secondary N) is 1. The number of hydrogen-bond donors (Lipinski definition) is 1. The fraction of sp³-hybridized carbons (Fsp3) is 0.211. The van der Waals surface area contributed by atoms with Gasteiger partial charge < -0.3 is 14.2 Å². The topological polar surface area (TPSA) is 90.9 Å². The minimum absolute atomic E-state index is 0.402. The lowest BCUT2D eigenvalue weighted by Gasteiger charge is -2.09. The minimum Gasteiger partial charge on any atom is -0.493 e. The fourth-order valence-electron chi connectivity index (χ4n) is 2.04. The molecule has 0 atom stereocenters. The number of thiophene rings is 1. The van der Waals surface area contributed by atoms with Gasteiger partial charge in [-0.05, 0) is 42.1 Å². The average molecular weight is 389 g/mol. The number of methoxy groups -OCH3 is 1. The van der Waals surface area contributed by atoms with Gasteiger partial charge in [0.05, 0.1) is 18.6 Å². The van der Waals surface area contributed by atoms with Crippen LogP contribution >= 0.6 is 11.3 Å². The van der Waals surface area contributed by atoms with E-state index < -0.39 is 24.4 Å². The summed E-state index contributed by atoms with van der Waals surface area (Å²) in [6.45, 7) is 1.83. The Morgan fingerprint density at radius 3 is 2.67 bits per heavy atom. The third kappa shape index (κ3) is 6.27. The van der Waals surface area contributed by atoms with Crippen LogP contribution in [0, 0.1) is 0 Å². The summed E-state index contributed by atoms with van der Waals surface area (Å²) >= 11 is 1.21. The Balaban J connectivity index is 1.84. The van der Waals surface area contributed by atoms with Crippen molar-refractivity contribution in [2.24, 2.45) is 0 Å². The molecular weight excluding hydrogens is 370 g/mol. The van der Waals surface area contributed by atoms with Crippen LogP contribution in [0.4, 0.5) is 0 Å². The number of esters is 1. The van der Waals surface area contributed by atoms with Crippen LogP contribution in [-0.4, -0.2) is 38.1 Å². The van der Waals surface area contributed by atoms with Crippen LogP contribution in [0.2, 0.25) is 0 Å². The summed E-state index contributed by atoms with van der Waals surface area (Å²) in [6, 6.07) is 8.49. The van der Waals surface area contributed by atoms with Gasteiger partial charge in [0.15, 0.2) is 18.1 Å². The summed E-state index contributed by atoms with van der Waals surface area (Å²) in [5.74, 6) is -0.784. The molecule has 0 saturated heterocycles. The predicted octanol–water partition coefficient (Wildman–Crippen LogP) is 2.67. The maximum Gasteiger partial charge on any atom is 0.331 e. The zero-order chi connectivity index (χ0) is 19.6. The zero-order valence-electron chi connectivity index (χ0n) is 14.9. The van der Waals surface area contributed by atoms with E-state index in [-0.39, 0.29) is 0 Å². The molecule has 27 heavy (non-hydrogen) atoms. The molecule has 1 aromatic heterocycles.